The van der Waals surface area contributed by atoms with Gasteiger partial charge in [-0.3, -0.25) is 10.2 Å². The number of hydrogen-bond acceptors (Lipinski definition) is 4. The molecule has 1 aliphatic rings. The number of rotatable bonds is 5. The molecule has 21 heavy (non-hydrogen) atoms. The van der Waals surface area contributed by atoms with Gasteiger partial charge in [-0.2, -0.15) is 0 Å². The van der Waals surface area contributed by atoms with E-state index in [4.69, 9.17) is 9.84 Å². The summed E-state index contributed by atoms with van der Waals surface area (Å²) in [6.07, 6.45) is -0.166. The number of nitrogens with one attached hydrogen (secondary N) is 2. The highest BCUT2D eigenvalue weighted by Crippen LogP contribution is 2.16. The van der Waals surface area contributed by atoms with Gasteiger partial charge in [0.1, 0.15) is 0 Å². The Bertz CT molecular complexity index is 474. The minimum absolute atomic E-state index is 0.166. The third-order valence-electron chi connectivity index (χ3n) is 3.16. The molecule has 0 aromatic heterocycles. The van der Waals surface area contributed by atoms with Gasteiger partial charge >= 0.3 is 12.0 Å². The third-order valence-corrected chi connectivity index (χ3v) is 3.16. The van der Waals surface area contributed by atoms with E-state index in [9.17, 15) is 9.59 Å². The number of carbonyl (C=O) groups excluding carboxylic acids is 1. The standard InChI is InChI=1S/C14H19N3O4/c18-13(19)10-12(11-4-2-1-3-5-11)15-14(20)16-17-6-8-21-9-7-17/h1-5,12H,6-10H2,(H,18,19)(H2,15,16,20). The zero-order chi connectivity index (χ0) is 15.1. The minimum atomic E-state index is -0.962. The Morgan fingerprint density at radius 2 is 1.90 bits per heavy atom. The van der Waals surface area contributed by atoms with E-state index in [0.29, 0.717) is 26.3 Å². The normalized spacial score (nSPS) is 17.0. The summed E-state index contributed by atoms with van der Waals surface area (Å²) >= 11 is 0. The van der Waals surface area contributed by atoms with Crippen LogP contribution in [0.2, 0.25) is 0 Å². The summed E-state index contributed by atoms with van der Waals surface area (Å²) in [6, 6.07) is 8.08. The molecule has 0 spiro atoms. The van der Waals surface area contributed by atoms with Crippen LogP contribution in [0.15, 0.2) is 30.3 Å². The number of hydrazine groups is 1. The Labute approximate surface area is 122 Å². The van der Waals surface area contributed by atoms with Crippen LogP contribution in [0.4, 0.5) is 4.79 Å². The molecular weight excluding hydrogens is 274 g/mol. The van der Waals surface area contributed by atoms with E-state index < -0.39 is 18.0 Å². The van der Waals surface area contributed by atoms with Gasteiger partial charge in [0, 0.05) is 13.1 Å². The van der Waals surface area contributed by atoms with Gasteiger partial charge in [-0.15, -0.1) is 0 Å². The fourth-order valence-corrected chi connectivity index (χ4v) is 2.12. The van der Waals surface area contributed by atoms with Crippen LogP contribution in [0.25, 0.3) is 0 Å². The average molecular weight is 293 g/mol. The average Bonchev–Trinajstić information content (AvgIpc) is 2.48. The maximum absolute atomic E-state index is 12.0. The molecule has 2 amide bonds. The van der Waals surface area contributed by atoms with Crippen LogP contribution in [0.3, 0.4) is 0 Å². The van der Waals surface area contributed by atoms with Crippen molar-refractivity contribution in [3.63, 3.8) is 0 Å². The highest BCUT2D eigenvalue weighted by molar-refractivity contribution is 5.75. The summed E-state index contributed by atoms with van der Waals surface area (Å²) < 4.78 is 5.19. The van der Waals surface area contributed by atoms with Crippen LogP contribution in [0.1, 0.15) is 18.0 Å². The van der Waals surface area contributed by atoms with Crippen LogP contribution < -0.4 is 10.7 Å². The Morgan fingerprint density at radius 1 is 1.24 bits per heavy atom. The molecule has 0 radical (unpaired) electrons. The van der Waals surface area contributed by atoms with Gasteiger partial charge in [0.05, 0.1) is 25.7 Å². The summed E-state index contributed by atoms with van der Waals surface area (Å²) in [6.45, 7) is 2.36. The quantitative estimate of drug-likeness (QED) is 0.745. The second-order valence-electron chi connectivity index (χ2n) is 4.75. The van der Waals surface area contributed by atoms with Crippen LogP contribution in [0.5, 0.6) is 0 Å². The van der Waals surface area contributed by atoms with Crippen LogP contribution in [-0.4, -0.2) is 48.4 Å². The van der Waals surface area contributed by atoms with Crippen molar-refractivity contribution in [2.24, 2.45) is 0 Å². The number of hydrogen-bond donors (Lipinski definition) is 3. The van der Waals surface area contributed by atoms with Crippen molar-refractivity contribution in [2.75, 3.05) is 26.3 Å². The van der Waals surface area contributed by atoms with Gasteiger partial charge in [0.2, 0.25) is 0 Å². The molecule has 0 bridgehead atoms. The van der Waals surface area contributed by atoms with E-state index in [-0.39, 0.29) is 6.42 Å². The second kappa shape index (κ2) is 7.61. The van der Waals surface area contributed by atoms with Crippen molar-refractivity contribution in [3.8, 4) is 0 Å². The molecule has 7 heteroatoms. The van der Waals surface area contributed by atoms with E-state index in [1.165, 1.54) is 0 Å². The molecule has 1 unspecified atom stereocenters. The second-order valence-corrected chi connectivity index (χ2v) is 4.75. The predicted molar refractivity (Wildman–Crippen MR) is 75.5 cm³/mol. The molecule has 7 nitrogen and oxygen atoms in total. The van der Waals surface area contributed by atoms with Crippen LogP contribution >= 0.6 is 0 Å². The van der Waals surface area contributed by atoms with E-state index in [0.717, 1.165) is 5.56 Å². The first-order valence-electron chi connectivity index (χ1n) is 6.82. The smallest absolute Gasteiger partial charge is 0.329 e. The third kappa shape index (κ3) is 5.05. The zero-order valence-corrected chi connectivity index (χ0v) is 11.6. The van der Waals surface area contributed by atoms with Crippen molar-refractivity contribution < 1.29 is 19.4 Å². The number of nitrogens with zero attached hydrogens (tertiary/aromatic N) is 1. The number of carboxylic acids is 1. The van der Waals surface area contributed by atoms with Crippen molar-refractivity contribution in [3.05, 3.63) is 35.9 Å². The first kappa shape index (κ1) is 15.3. The molecule has 1 aromatic carbocycles. The Hall–Kier alpha value is -2.12. The Morgan fingerprint density at radius 3 is 2.52 bits per heavy atom. The summed E-state index contributed by atoms with van der Waals surface area (Å²) in [5.74, 6) is -0.962. The highest BCUT2D eigenvalue weighted by atomic mass is 16.5. The Balaban J connectivity index is 1.94. The largest absolute Gasteiger partial charge is 0.481 e. The number of benzene rings is 1. The number of ether oxygens (including phenoxy) is 1. The zero-order valence-electron chi connectivity index (χ0n) is 11.6. The van der Waals surface area contributed by atoms with E-state index >= 15 is 0 Å². The summed E-state index contributed by atoms with van der Waals surface area (Å²) in [7, 11) is 0. The molecule has 3 N–H and O–H groups in total. The molecule has 1 aromatic rings. The van der Waals surface area contributed by atoms with Gasteiger partial charge in [0.15, 0.2) is 0 Å². The first-order valence-corrected chi connectivity index (χ1v) is 6.82. The lowest BCUT2D eigenvalue weighted by Crippen LogP contribution is -2.52. The number of urea groups is 1. The number of amides is 2. The Kier molecular flexibility index (Phi) is 5.53. The van der Waals surface area contributed by atoms with Crippen molar-refractivity contribution >= 4 is 12.0 Å². The lowest BCUT2D eigenvalue weighted by Gasteiger charge is -2.28. The monoisotopic (exact) mass is 293 g/mol. The van der Waals surface area contributed by atoms with E-state index in [2.05, 4.69) is 10.7 Å². The number of morpholine rings is 1. The highest BCUT2D eigenvalue weighted by Gasteiger charge is 2.19. The number of carbonyl (C=O) groups is 2. The van der Waals surface area contributed by atoms with Gasteiger partial charge in [0.25, 0.3) is 0 Å². The molecular formula is C14H19N3O4. The summed E-state index contributed by atoms with van der Waals surface area (Å²) in [5, 5.41) is 13.4. The maximum Gasteiger partial charge on any atom is 0.329 e. The fourth-order valence-electron chi connectivity index (χ4n) is 2.12. The number of carboxylic acid groups (broad SMARTS) is 1. The van der Waals surface area contributed by atoms with E-state index in [1.807, 2.05) is 18.2 Å². The molecule has 1 fully saturated rings. The molecule has 114 valence electrons. The van der Waals surface area contributed by atoms with Gasteiger partial charge in [-0.05, 0) is 5.56 Å². The maximum atomic E-state index is 12.0. The van der Waals surface area contributed by atoms with Crippen LogP contribution in [-0.2, 0) is 9.53 Å². The van der Waals surface area contributed by atoms with Gasteiger partial charge in [-0.25, -0.2) is 9.80 Å². The molecule has 0 saturated carbocycles. The molecule has 1 heterocycles. The summed E-state index contributed by atoms with van der Waals surface area (Å²) in [4.78, 5) is 22.9. The lowest BCUT2D eigenvalue weighted by atomic mass is 10.0. The van der Waals surface area contributed by atoms with Gasteiger partial charge < -0.3 is 15.2 Å². The van der Waals surface area contributed by atoms with Crippen molar-refractivity contribution in [1.82, 2.24) is 15.8 Å². The molecule has 1 atom stereocenters. The molecule has 1 aliphatic heterocycles. The van der Waals surface area contributed by atoms with Crippen LogP contribution in [0, 0.1) is 0 Å². The lowest BCUT2D eigenvalue weighted by molar-refractivity contribution is -0.137. The van der Waals surface area contributed by atoms with E-state index in [1.54, 1.807) is 17.1 Å². The molecule has 0 aliphatic carbocycles. The minimum Gasteiger partial charge on any atom is -0.481 e. The molecule has 1 saturated heterocycles. The topological polar surface area (TPSA) is 90.9 Å². The molecule has 2 rings (SSSR count). The first-order chi connectivity index (χ1) is 10.1. The fraction of sp³-hybridized carbons (Fsp3) is 0.429. The van der Waals surface area contributed by atoms with Crippen molar-refractivity contribution in [1.29, 1.82) is 0 Å². The van der Waals surface area contributed by atoms with Crippen molar-refractivity contribution in [2.45, 2.75) is 12.5 Å². The van der Waals surface area contributed by atoms with Gasteiger partial charge in [-0.1, -0.05) is 30.3 Å². The predicted octanol–water partition coefficient (Wildman–Crippen LogP) is 0.749. The SMILES string of the molecule is O=C(O)CC(NC(=O)NN1CCOCC1)c1ccccc1. The number of aliphatic carboxylic acids is 1. The summed E-state index contributed by atoms with van der Waals surface area (Å²) in [5.41, 5.74) is 3.46.